The van der Waals surface area contributed by atoms with Crippen molar-refractivity contribution in [3.63, 3.8) is 0 Å². The molecule has 0 aliphatic heterocycles. The molecule has 9 heteroatoms. The van der Waals surface area contributed by atoms with Crippen LogP contribution in [0.5, 0.6) is 0 Å². The first-order valence-corrected chi connectivity index (χ1v) is 6.63. The van der Waals surface area contributed by atoms with E-state index in [1.54, 1.807) is 23.0 Å². The SMILES string of the molecule is NC(=O)OCCn1c(SCC(=O)O)nc2cnccc21. The van der Waals surface area contributed by atoms with Crippen LogP contribution < -0.4 is 5.73 Å². The molecule has 0 spiro atoms. The number of aliphatic carboxylic acids is 1. The number of nitrogens with zero attached hydrogens (tertiary/aromatic N) is 3. The summed E-state index contributed by atoms with van der Waals surface area (Å²) in [5.74, 6) is -1.03. The van der Waals surface area contributed by atoms with Crippen LogP contribution in [0, 0.1) is 0 Å². The molecule has 106 valence electrons. The van der Waals surface area contributed by atoms with Crippen LogP contribution in [0.25, 0.3) is 11.0 Å². The molecule has 0 aliphatic carbocycles. The number of amides is 1. The van der Waals surface area contributed by atoms with E-state index in [1.165, 1.54) is 0 Å². The van der Waals surface area contributed by atoms with Crippen molar-refractivity contribution in [2.45, 2.75) is 11.7 Å². The zero-order valence-electron chi connectivity index (χ0n) is 10.4. The summed E-state index contributed by atoms with van der Waals surface area (Å²) in [5, 5.41) is 9.26. The summed E-state index contributed by atoms with van der Waals surface area (Å²) in [7, 11) is 0. The molecule has 0 saturated carbocycles. The molecule has 0 unspecified atom stereocenters. The van der Waals surface area contributed by atoms with Crippen molar-refractivity contribution in [3.8, 4) is 0 Å². The van der Waals surface area contributed by atoms with Gasteiger partial charge in [0.1, 0.15) is 12.1 Å². The zero-order chi connectivity index (χ0) is 14.5. The van der Waals surface area contributed by atoms with E-state index in [0.717, 1.165) is 17.3 Å². The summed E-state index contributed by atoms with van der Waals surface area (Å²) >= 11 is 1.09. The average Bonchev–Trinajstić information content (AvgIpc) is 2.74. The molecule has 2 heterocycles. The molecule has 0 fully saturated rings. The van der Waals surface area contributed by atoms with Gasteiger partial charge >= 0.3 is 12.1 Å². The number of rotatable bonds is 6. The van der Waals surface area contributed by atoms with Crippen LogP contribution in [0.4, 0.5) is 4.79 Å². The van der Waals surface area contributed by atoms with Gasteiger partial charge in [-0.2, -0.15) is 0 Å². The second-order valence-corrected chi connectivity index (χ2v) is 4.70. The Hall–Kier alpha value is -2.29. The summed E-state index contributed by atoms with van der Waals surface area (Å²) in [6.45, 7) is 0.426. The number of carbonyl (C=O) groups is 2. The smallest absolute Gasteiger partial charge is 0.404 e. The molecule has 2 aromatic rings. The predicted molar refractivity (Wildman–Crippen MR) is 71.4 cm³/mol. The Morgan fingerprint density at radius 3 is 3.00 bits per heavy atom. The molecular formula is C11H12N4O4S. The van der Waals surface area contributed by atoms with E-state index in [9.17, 15) is 9.59 Å². The van der Waals surface area contributed by atoms with Gasteiger partial charge in [0.15, 0.2) is 5.16 Å². The van der Waals surface area contributed by atoms with Gasteiger partial charge < -0.3 is 20.1 Å². The maximum Gasteiger partial charge on any atom is 0.404 e. The molecule has 0 bridgehead atoms. The number of hydrogen-bond acceptors (Lipinski definition) is 6. The third-order valence-electron chi connectivity index (χ3n) is 2.40. The summed E-state index contributed by atoms with van der Waals surface area (Å²) in [6.07, 6.45) is 2.35. The first-order chi connectivity index (χ1) is 9.58. The number of primary amides is 1. The number of aromatic nitrogens is 3. The van der Waals surface area contributed by atoms with E-state index in [2.05, 4.69) is 9.97 Å². The fourth-order valence-corrected chi connectivity index (χ4v) is 2.41. The minimum atomic E-state index is -0.930. The van der Waals surface area contributed by atoms with Gasteiger partial charge in [-0.05, 0) is 6.07 Å². The number of imidazole rings is 1. The van der Waals surface area contributed by atoms with E-state index >= 15 is 0 Å². The number of hydrogen-bond donors (Lipinski definition) is 2. The van der Waals surface area contributed by atoms with Crippen molar-refractivity contribution in [2.24, 2.45) is 5.73 Å². The lowest BCUT2D eigenvalue weighted by molar-refractivity contribution is -0.133. The summed E-state index contributed by atoms with van der Waals surface area (Å²) in [4.78, 5) is 29.5. The quantitative estimate of drug-likeness (QED) is 0.753. The lowest BCUT2D eigenvalue weighted by Crippen LogP contribution is -2.17. The fraction of sp³-hybridized carbons (Fsp3) is 0.273. The normalized spacial score (nSPS) is 10.6. The van der Waals surface area contributed by atoms with Crippen LogP contribution in [-0.4, -0.2) is 44.1 Å². The van der Waals surface area contributed by atoms with E-state index in [0.29, 0.717) is 17.2 Å². The van der Waals surface area contributed by atoms with Gasteiger partial charge in [-0.25, -0.2) is 9.78 Å². The van der Waals surface area contributed by atoms with Crippen LogP contribution in [-0.2, 0) is 16.1 Å². The number of fused-ring (bicyclic) bond motifs is 1. The lowest BCUT2D eigenvalue weighted by Gasteiger charge is -2.07. The van der Waals surface area contributed by atoms with Crippen LogP contribution in [0.2, 0.25) is 0 Å². The van der Waals surface area contributed by atoms with Crippen molar-refractivity contribution in [1.29, 1.82) is 0 Å². The van der Waals surface area contributed by atoms with Gasteiger partial charge in [0.2, 0.25) is 0 Å². The van der Waals surface area contributed by atoms with Gasteiger partial charge in [0, 0.05) is 6.20 Å². The maximum atomic E-state index is 10.6. The first-order valence-electron chi connectivity index (χ1n) is 5.65. The zero-order valence-corrected chi connectivity index (χ0v) is 11.2. The Balaban J connectivity index is 2.24. The topological polar surface area (TPSA) is 120 Å². The second-order valence-electron chi connectivity index (χ2n) is 3.76. The molecule has 0 atom stereocenters. The third-order valence-corrected chi connectivity index (χ3v) is 3.36. The van der Waals surface area contributed by atoms with Crippen molar-refractivity contribution in [3.05, 3.63) is 18.5 Å². The van der Waals surface area contributed by atoms with Gasteiger partial charge in [-0.15, -0.1) is 0 Å². The summed E-state index contributed by atoms with van der Waals surface area (Å²) in [6, 6.07) is 1.76. The Morgan fingerprint density at radius 2 is 2.30 bits per heavy atom. The van der Waals surface area contributed by atoms with Crippen molar-refractivity contribution < 1.29 is 19.4 Å². The molecule has 0 aromatic carbocycles. The minimum absolute atomic E-state index is 0.0871. The Morgan fingerprint density at radius 1 is 1.50 bits per heavy atom. The molecule has 0 aliphatic rings. The highest BCUT2D eigenvalue weighted by Gasteiger charge is 2.13. The molecule has 3 N–H and O–H groups in total. The second kappa shape index (κ2) is 6.24. The Bertz CT molecular complexity index is 642. The van der Waals surface area contributed by atoms with Crippen LogP contribution in [0.15, 0.2) is 23.6 Å². The standard InChI is InChI=1S/C11H12N4O4S/c12-10(18)19-4-3-15-8-1-2-13-5-7(8)14-11(15)20-6-9(16)17/h1-2,5H,3-4,6H2,(H2,12,18)(H,16,17). The summed E-state index contributed by atoms with van der Waals surface area (Å²) in [5.41, 5.74) is 6.35. The number of carboxylic acids is 1. The Kier molecular flexibility index (Phi) is 4.41. The number of thioether (sulfide) groups is 1. The van der Waals surface area contributed by atoms with Crippen LogP contribution >= 0.6 is 11.8 Å². The molecule has 2 aromatic heterocycles. The predicted octanol–water partition coefficient (Wildman–Crippen LogP) is 0.703. The van der Waals surface area contributed by atoms with Crippen molar-refractivity contribution >= 4 is 34.9 Å². The van der Waals surface area contributed by atoms with Gasteiger partial charge in [-0.3, -0.25) is 9.78 Å². The Labute approximate surface area is 117 Å². The molecule has 0 saturated heterocycles. The number of nitrogens with two attached hydrogens (primary N) is 1. The molecule has 0 radical (unpaired) electrons. The van der Waals surface area contributed by atoms with E-state index in [4.69, 9.17) is 15.6 Å². The van der Waals surface area contributed by atoms with Gasteiger partial charge in [-0.1, -0.05) is 11.8 Å². The number of pyridine rings is 1. The van der Waals surface area contributed by atoms with Crippen LogP contribution in [0.3, 0.4) is 0 Å². The van der Waals surface area contributed by atoms with E-state index in [1.807, 2.05) is 0 Å². The highest BCUT2D eigenvalue weighted by molar-refractivity contribution is 7.99. The third kappa shape index (κ3) is 3.38. The van der Waals surface area contributed by atoms with Gasteiger partial charge in [0.25, 0.3) is 0 Å². The number of carbonyl (C=O) groups excluding carboxylic acids is 1. The maximum absolute atomic E-state index is 10.6. The number of carboxylic acid groups (broad SMARTS) is 1. The molecular weight excluding hydrogens is 284 g/mol. The van der Waals surface area contributed by atoms with E-state index in [-0.39, 0.29) is 12.4 Å². The molecule has 2 rings (SSSR count). The molecule has 8 nitrogen and oxygen atoms in total. The summed E-state index contributed by atoms with van der Waals surface area (Å²) < 4.78 is 6.47. The van der Waals surface area contributed by atoms with E-state index < -0.39 is 12.1 Å². The molecule has 20 heavy (non-hydrogen) atoms. The largest absolute Gasteiger partial charge is 0.481 e. The van der Waals surface area contributed by atoms with Crippen molar-refractivity contribution in [2.75, 3.05) is 12.4 Å². The monoisotopic (exact) mass is 296 g/mol. The average molecular weight is 296 g/mol. The molecule has 1 amide bonds. The van der Waals surface area contributed by atoms with Crippen LogP contribution in [0.1, 0.15) is 0 Å². The first kappa shape index (κ1) is 14.1. The lowest BCUT2D eigenvalue weighted by atomic mass is 10.4. The highest BCUT2D eigenvalue weighted by atomic mass is 32.2. The fourth-order valence-electron chi connectivity index (χ4n) is 1.65. The number of ether oxygens (including phenoxy) is 1. The van der Waals surface area contributed by atoms with Crippen molar-refractivity contribution in [1.82, 2.24) is 14.5 Å². The highest BCUT2D eigenvalue weighted by Crippen LogP contribution is 2.23. The minimum Gasteiger partial charge on any atom is -0.481 e. The van der Waals surface area contributed by atoms with Gasteiger partial charge in [0.05, 0.1) is 24.0 Å².